The topological polar surface area (TPSA) is 75.4 Å². The fourth-order valence-electron chi connectivity index (χ4n) is 4.01. The number of nitrogens with zero attached hydrogens (tertiary/aromatic N) is 5. The summed E-state index contributed by atoms with van der Waals surface area (Å²) < 4.78 is 15.4. The van der Waals surface area contributed by atoms with Gasteiger partial charge < -0.3 is 10.2 Å². The van der Waals surface area contributed by atoms with Crippen molar-refractivity contribution in [1.82, 2.24) is 19.6 Å². The zero-order valence-corrected chi connectivity index (χ0v) is 17.0. The van der Waals surface area contributed by atoms with Crippen LogP contribution in [0.4, 0.5) is 15.9 Å². The number of aryl methyl sites for hydroxylation is 1. The summed E-state index contributed by atoms with van der Waals surface area (Å²) >= 11 is 0. The molecule has 1 aromatic carbocycles. The molecule has 1 N–H and O–H groups in total. The number of hydrogen-bond donors (Lipinski definition) is 1. The molecule has 1 fully saturated rings. The first-order valence-corrected chi connectivity index (χ1v) is 10.2. The van der Waals surface area contributed by atoms with Gasteiger partial charge in [0.05, 0.1) is 17.8 Å². The molecular formula is C23H21FN6O. The molecule has 1 saturated heterocycles. The number of carbonyl (C=O) groups excluding carboxylic acids is 1. The molecule has 0 aliphatic carbocycles. The molecule has 4 heterocycles. The van der Waals surface area contributed by atoms with E-state index in [1.165, 1.54) is 6.07 Å². The van der Waals surface area contributed by atoms with Crippen molar-refractivity contribution in [2.24, 2.45) is 0 Å². The largest absolute Gasteiger partial charge is 0.349 e. The maximum Gasteiger partial charge on any atom is 0.257 e. The van der Waals surface area contributed by atoms with Gasteiger partial charge in [0, 0.05) is 24.6 Å². The van der Waals surface area contributed by atoms with E-state index >= 15 is 0 Å². The van der Waals surface area contributed by atoms with Crippen molar-refractivity contribution < 1.29 is 9.18 Å². The van der Waals surface area contributed by atoms with Crippen LogP contribution in [0.3, 0.4) is 0 Å². The molecule has 1 amide bonds. The van der Waals surface area contributed by atoms with Crippen LogP contribution in [0.15, 0.2) is 61.1 Å². The summed E-state index contributed by atoms with van der Waals surface area (Å²) in [5, 5.41) is 7.17. The Morgan fingerprint density at radius 2 is 2.10 bits per heavy atom. The number of rotatable bonds is 4. The SMILES string of the molecule is Cc1ccc(C(=O)Nc2cnn3ccc(N4CCCC4c4cccc(F)c4)nc23)cn1. The van der Waals surface area contributed by atoms with Crippen LogP contribution in [0, 0.1) is 12.7 Å². The third-order valence-electron chi connectivity index (χ3n) is 5.56. The lowest BCUT2D eigenvalue weighted by molar-refractivity contribution is 0.102. The molecule has 1 unspecified atom stereocenters. The van der Waals surface area contributed by atoms with Crippen molar-refractivity contribution in [2.75, 3.05) is 16.8 Å². The Morgan fingerprint density at radius 1 is 1.19 bits per heavy atom. The number of carbonyl (C=O) groups is 1. The molecule has 1 aliphatic rings. The van der Waals surface area contributed by atoms with Crippen LogP contribution < -0.4 is 10.2 Å². The second-order valence-electron chi connectivity index (χ2n) is 7.66. The average Bonchev–Trinajstić information content (AvgIpc) is 3.41. The summed E-state index contributed by atoms with van der Waals surface area (Å²) in [6.45, 7) is 2.70. The molecule has 3 aromatic heterocycles. The minimum atomic E-state index is -0.270. The van der Waals surface area contributed by atoms with Crippen LogP contribution in [0.1, 0.15) is 40.5 Å². The van der Waals surface area contributed by atoms with Crippen LogP contribution >= 0.6 is 0 Å². The minimum Gasteiger partial charge on any atom is -0.349 e. The van der Waals surface area contributed by atoms with Crippen molar-refractivity contribution in [3.05, 3.63) is 83.7 Å². The second kappa shape index (κ2) is 7.79. The lowest BCUT2D eigenvalue weighted by atomic mass is 10.0. The summed E-state index contributed by atoms with van der Waals surface area (Å²) in [5.41, 5.74) is 3.32. The monoisotopic (exact) mass is 416 g/mol. The number of hydrogen-bond acceptors (Lipinski definition) is 5. The van der Waals surface area contributed by atoms with E-state index < -0.39 is 0 Å². The molecule has 1 atom stereocenters. The molecule has 0 spiro atoms. The summed E-state index contributed by atoms with van der Waals surface area (Å²) in [7, 11) is 0. The van der Waals surface area contributed by atoms with E-state index in [4.69, 9.17) is 4.98 Å². The minimum absolute atomic E-state index is 0.0604. The lowest BCUT2D eigenvalue weighted by Crippen LogP contribution is -2.24. The van der Waals surface area contributed by atoms with Gasteiger partial charge in [0.15, 0.2) is 5.65 Å². The second-order valence-corrected chi connectivity index (χ2v) is 7.66. The van der Waals surface area contributed by atoms with Crippen LogP contribution in [-0.2, 0) is 0 Å². The maximum absolute atomic E-state index is 13.8. The van der Waals surface area contributed by atoms with E-state index in [-0.39, 0.29) is 17.8 Å². The normalized spacial score (nSPS) is 16.1. The lowest BCUT2D eigenvalue weighted by Gasteiger charge is -2.26. The van der Waals surface area contributed by atoms with Crippen LogP contribution in [0.25, 0.3) is 5.65 Å². The van der Waals surface area contributed by atoms with Gasteiger partial charge in [-0.2, -0.15) is 5.10 Å². The molecule has 31 heavy (non-hydrogen) atoms. The summed E-state index contributed by atoms with van der Waals surface area (Å²) in [6, 6.07) is 12.2. The Morgan fingerprint density at radius 3 is 2.90 bits per heavy atom. The molecule has 0 saturated carbocycles. The van der Waals surface area contributed by atoms with E-state index in [9.17, 15) is 9.18 Å². The van der Waals surface area contributed by atoms with Gasteiger partial charge in [-0.15, -0.1) is 0 Å². The zero-order valence-electron chi connectivity index (χ0n) is 17.0. The van der Waals surface area contributed by atoms with Gasteiger partial charge in [0.1, 0.15) is 17.3 Å². The fourth-order valence-corrected chi connectivity index (χ4v) is 4.01. The Bertz CT molecular complexity index is 1250. The standard InChI is InChI=1S/C23H21FN6O/c1-15-7-8-17(13-25-15)23(31)27-19-14-26-30-11-9-21(28-22(19)30)29-10-3-6-20(29)16-4-2-5-18(24)12-16/h2,4-5,7-9,11-14,20H,3,6,10H2,1H3,(H,27,31). The Labute approximate surface area is 178 Å². The number of aromatic nitrogens is 4. The highest BCUT2D eigenvalue weighted by Gasteiger charge is 2.28. The molecule has 0 radical (unpaired) electrons. The molecular weight excluding hydrogens is 395 g/mol. The van der Waals surface area contributed by atoms with E-state index in [1.807, 2.05) is 25.3 Å². The van der Waals surface area contributed by atoms with Gasteiger partial charge in [-0.1, -0.05) is 12.1 Å². The van der Waals surface area contributed by atoms with Crippen LogP contribution in [0.2, 0.25) is 0 Å². The molecule has 0 bridgehead atoms. The average molecular weight is 416 g/mol. The van der Waals surface area contributed by atoms with Gasteiger partial charge in [-0.3, -0.25) is 9.78 Å². The van der Waals surface area contributed by atoms with E-state index in [0.29, 0.717) is 16.9 Å². The van der Waals surface area contributed by atoms with Crippen LogP contribution in [0.5, 0.6) is 0 Å². The quantitative estimate of drug-likeness (QED) is 0.541. The number of benzene rings is 1. The van der Waals surface area contributed by atoms with Crippen molar-refractivity contribution in [3.63, 3.8) is 0 Å². The molecule has 156 valence electrons. The van der Waals surface area contributed by atoms with Gasteiger partial charge in [-0.05, 0) is 55.7 Å². The van der Waals surface area contributed by atoms with E-state index in [0.717, 1.165) is 36.5 Å². The first kappa shape index (κ1) is 19.2. The van der Waals surface area contributed by atoms with Crippen LogP contribution in [-0.4, -0.2) is 32.0 Å². The van der Waals surface area contributed by atoms with E-state index in [1.54, 1.807) is 41.2 Å². The van der Waals surface area contributed by atoms with Crippen molar-refractivity contribution in [2.45, 2.75) is 25.8 Å². The predicted octanol–water partition coefficient (Wildman–Crippen LogP) is 4.17. The fraction of sp³-hybridized carbons (Fsp3) is 0.217. The number of pyridine rings is 1. The highest BCUT2D eigenvalue weighted by molar-refractivity contribution is 6.05. The zero-order chi connectivity index (χ0) is 21.4. The molecule has 7 nitrogen and oxygen atoms in total. The van der Waals surface area contributed by atoms with Crippen molar-refractivity contribution in [1.29, 1.82) is 0 Å². The molecule has 8 heteroatoms. The number of nitrogens with one attached hydrogen (secondary N) is 1. The first-order valence-electron chi connectivity index (χ1n) is 10.2. The van der Waals surface area contributed by atoms with E-state index in [2.05, 4.69) is 20.3 Å². The Balaban J connectivity index is 1.44. The summed E-state index contributed by atoms with van der Waals surface area (Å²) in [4.78, 5) is 23.7. The number of halogens is 1. The molecule has 1 aliphatic heterocycles. The smallest absolute Gasteiger partial charge is 0.257 e. The summed E-state index contributed by atoms with van der Waals surface area (Å²) in [6.07, 6.45) is 6.88. The highest BCUT2D eigenvalue weighted by Crippen LogP contribution is 2.35. The van der Waals surface area contributed by atoms with Crippen molar-refractivity contribution in [3.8, 4) is 0 Å². The molecule has 5 rings (SSSR count). The maximum atomic E-state index is 13.8. The third-order valence-corrected chi connectivity index (χ3v) is 5.56. The predicted molar refractivity (Wildman–Crippen MR) is 116 cm³/mol. The van der Waals surface area contributed by atoms with Gasteiger partial charge in [0.25, 0.3) is 5.91 Å². The van der Waals surface area contributed by atoms with Gasteiger partial charge in [-0.25, -0.2) is 13.9 Å². The van der Waals surface area contributed by atoms with Gasteiger partial charge >= 0.3 is 0 Å². The van der Waals surface area contributed by atoms with Crippen molar-refractivity contribution >= 4 is 23.1 Å². The Kier molecular flexibility index (Phi) is 4.82. The molecule has 4 aromatic rings. The number of anilines is 2. The number of fused-ring (bicyclic) bond motifs is 1. The number of amides is 1. The highest BCUT2D eigenvalue weighted by atomic mass is 19.1. The first-order chi connectivity index (χ1) is 15.1. The third kappa shape index (κ3) is 3.72. The Hall–Kier alpha value is -3.81. The summed E-state index contributed by atoms with van der Waals surface area (Å²) in [5.74, 6) is 0.264. The van der Waals surface area contributed by atoms with Gasteiger partial charge in [0.2, 0.25) is 0 Å².